The van der Waals surface area contributed by atoms with Crippen LogP contribution in [0.1, 0.15) is 32.1 Å². The van der Waals surface area contributed by atoms with Gasteiger partial charge in [-0.1, -0.05) is 12.2 Å². The van der Waals surface area contributed by atoms with E-state index in [0.717, 1.165) is 6.42 Å². The molecule has 1 saturated carbocycles. The maximum Gasteiger partial charge on any atom is 0.163 e. The Morgan fingerprint density at radius 3 is 2.56 bits per heavy atom. The van der Waals surface area contributed by atoms with E-state index in [1.807, 2.05) is 6.08 Å². The summed E-state index contributed by atoms with van der Waals surface area (Å²) < 4.78 is 10.3. The van der Waals surface area contributed by atoms with Gasteiger partial charge in [-0.3, -0.25) is 9.59 Å². The van der Waals surface area contributed by atoms with Crippen molar-refractivity contribution in [3.8, 4) is 0 Å². The number of hydrogen-bond acceptors (Lipinski definition) is 6. The van der Waals surface area contributed by atoms with Crippen LogP contribution in [0, 0.1) is 11.8 Å². The summed E-state index contributed by atoms with van der Waals surface area (Å²) in [5.74, 6) is 0.107. The largest absolute Gasteiger partial charge is 0.504 e. The molecule has 0 aromatic heterocycles. The number of rotatable bonds is 8. The summed E-state index contributed by atoms with van der Waals surface area (Å²) in [5, 5.41) is 19.4. The van der Waals surface area contributed by atoms with Gasteiger partial charge < -0.3 is 19.7 Å². The van der Waals surface area contributed by atoms with E-state index < -0.39 is 6.10 Å². The molecule has 4 atom stereocenters. The highest BCUT2D eigenvalue weighted by atomic mass is 16.5. The molecule has 0 saturated heterocycles. The van der Waals surface area contributed by atoms with Gasteiger partial charge in [0.25, 0.3) is 0 Å². The minimum atomic E-state index is -0.453. The Hall–Kier alpha value is -2.18. The quantitative estimate of drug-likeness (QED) is 0.500. The first kappa shape index (κ1) is 21.1. The molecule has 4 unspecified atom stereocenters. The van der Waals surface area contributed by atoms with Gasteiger partial charge in [-0.25, -0.2) is 0 Å². The van der Waals surface area contributed by atoms with Crippen molar-refractivity contribution in [2.75, 3.05) is 14.2 Å². The summed E-state index contributed by atoms with van der Waals surface area (Å²) in [7, 11) is 3.05. The molecular weight excluding hydrogens is 348 g/mol. The molecule has 2 N–H and O–H groups in total. The molecule has 0 bridgehead atoms. The van der Waals surface area contributed by atoms with Crippen molar-refractivity contribution in [1.82, 2.24) is 0 Å². The van der Waals surface area contributed by atoms with E-state index in [4.69, 9.17) is 9.47 Å². The maximum atomic E-state index is 12.0. The maximum absolute atomic E-state index is 12.0. The Morgan fingerprint density at radius 2 is 1.89 bits per heavy atom. The van der Waals surface area contributed by atoms with E-state index in [2.05, 4.69) is 0 Å². The highest BCUT2D eigenvalue weighted by molar-refractivity contribution is 6.08. The highest BCUT2D eigenvalue weighted by Gasteiger charge is 2.27. The molecule has 0 spiro atoms. The Kier molecular flexibility index (Phi) is 8.00. The average Bonchev–Trinajstić information content (AvgIpc) is 2.66. The number of hydrogen-bond donors (Lipinski definition) is 2. The molecule has 0 aromatic rings. The van der Waals surface area contributed by atoms with Crippen LogP contribution in [0.15, 0.2) is 48.0 Å². The van der Waals surface area contributed by atoms with E-state index in [1.54, 1.807) is 25.3 Å². The summed E-state index contributed by atoms with van der Waals surface area (Å²) in [4.78, 5) is 24.0. The molecule has 27 heavy (non-hydrogen) atoms. The molecule has 2 aliphatic carbocycles. The molecule has 1 fully saturated rings. The predicted octanol–water partition coefficient (Wildman–Crippen LogP) is 2.80. The molecule has 2 rings (SSSR count). The lowest BCUT2D eigenvalue weighted by atomic mass is 9.85. The summed E-state index contributed by atoms with van der Waals surface area (Å²) in [6, 6.07) is 0. The Labute approximate surface area is 159 Å². The number of aliphatic hydroxyl groups is 2. The SMILES string of the molecule is COC1=CC(C=CC(=O)CC(=O)C=CC2CCC(O)C(OC)C2)CC=C1O. The lowest BCUT2D eigenvalue weighted by Gasteiger charge is -2.30. The smallest absolute Gasteiger partial charge is 0.163 e. The Bertz CT molecular complexity index is 658. The zero-order valence-corrected chi connectivity index (χ0v) is 15.8. The average molecular weight is 376 g/mol. The fourth-order valence-corrected chi connectivity index (χ4v) is 3.34. The zero-order valence-electron chi connectivity index (χ0n) is 15.8. The molecule has 0 radical (unpaired) electrons. The van der Waals surface area contributed by atoms with Crippen molar-refractivity contribution in [2.24, 2.45) is 11.8 Å². The number of carbonyl (C=O) groups excluding carboxylic acids is 2. The number of methoxy groups -OCH3 is 2. The summed E-state index contributed by atoms with van der Waals surface area (Å²) in [6.45, 7) is 0. The van der Waals surface area contributed by atoms with E-state index in [9.17, 15) is 19.8 Å². The predicted molar refractivity (Wildman–Crippen MR) is 101 cm³/mol. The van der Waals surface area contributed by atoms with Crippen LogP contribution in [-0.4, -0.2) is 48.2 Å². The van der Waals surface area contributed by atoms with Gasteiger partial charge in [0, 0.05) is 13.0 Å². The van der Waals surface area contributed by atoms with Gasteiger partial charge in [-0.2, -0.15) is 0 Å². The topological polar surface area (TPSA) is 93.1 Å². The van der Waals surface area contributed by atoms with Crippen molar-refractivity contribution in [3.05, 3.63) is 48.0 Å². The zero-order chi connectivity index (χ0) is 19.8. The van der Waals surface area contributed by atoms with Gasteiger partial charge in [-0.05, 0) is 55.9 Å². The van der Waals surface area contributed by atoms with Crippen LogP contribution in [0.4, 0.5) is 0 Å². The highest BCUT2D eigenvalue weighted by Crippen LogP contribution is 2.27. The van der Waals surface area contributed by atoms with Crippen molar-refractivity contribution in [3.63, 3.8) is 0 Å². The second-order valence-electron chi connectivity index (χ2n) is 6.97. The van der Waals surface area contributed by atoms with Crippen molar-refractivity contribution < 1.29 is 29.3 Å². The standard InChI is InChI=1S/C21H28O6/c1-26-20-11-14(5-9-18(20)24)3-7-16(22)13-17(23)8-4-15-6-10-19(25)21(12-15)27-2/h3-4,7-9,11,14-15,19,21,24-25H,5-6,10,12-13H2,1-2H3. The van der Waals surface area contributed by atoms with Gasteiger partial charge >= 0.3 is 0 Å². The van der Waals surface area contributed by atoms with Crippen molar-refractivity contribution in [1.29, 1.82) is 0 Å². The van der Waals surface area contributed by atoms with E-state index >= 15 is 0 Å². The van der Waals surface area contributed by atoms with Crippen molar-refractivity contribution in [2.45, 2.75) is 44.3 Å². The number of ketones is 2. The summed E-state index contributed by atoms with van der Waals surface area (Å²) in [5.41, 5.74) is 0. The fourth-order valence-electron chi connectivity index (χ4n) is 3.34. The van der Waals surface area contributed by atoms with E-state index in [-0.39, 0.29) is 41.7 Å². The lowest BCUT2D eigenvalue weighted by molar-refractivity contribution is -0.122. The second kappa shape index (κ2) is 10.2. The normalized spacial score (nSPS) is 28.9. The Morgan fingerprint density at radius 1 is 1.19 bits per heavy atom. The third-order valence-corrected chi connectivity index (χ3v) is 4.95. The molecule has 0 aliphatic heterocycles. The minimum Gasteiger partial charge on any atom is -0.504 e. The molecule has 6 nitrogen and oxygen atoms in total. The van der Waals surface area contributed by atoms with Gasteiger partial charge in [0.15, 0.2) is 23.1 Å². The fraction of sp³-hybridized carbons (Fsp3) is 0.524. The lowest BCUT2D eigenvalue weighted by Crippen LogP contribution is -2.34. The molecule has 0 aromatic carbocycles. The first-order valence-corrected chi connectivity index (χ1v) is 9.21. The van der Waals surface area contributed by atoms with Crippen LogP contribution in [0.2, 0.25) is 0 Å². The molecule has 6 heteroatoms. The monoisotopic (exact) mass is 376 g/mol. The third-order valence-electron chi connectivity index (χ3n) is 4.95. The molecule has 148 valence electrons. The molecule has 0 amide bonds. The van der Waals surface area contributed by atoms with Crippen molar-refractivity contribution >= 4 is 11.6 Å². The van der Waals surface area contributed by atoms with Gasteiger partial charge in [0.05, 0.1) is 25.7 Å². The van der Waals surface area contributed by atoms with Crippen LogP contribution in [0.5, 0.6) is 0 Å². The second-order valence-corrected chi connectivity index (χ2v) is 6.97. The molecular formula is C21H28O6. The van der Waals surface area contributed by atoms with Gasteiger partial charge in [-0.15, -0.1) is 0 Å². The van der Waals surface area contributed by atoms with E-state index in [0.29, 0.717) is 25.0 Å². The number of ether oxygens (including phenoxy) is 2. The minimum absolute atomic E-state index is 0.0508. The van der Waals surface area contributed by atoms with Crippen LogP contribution < -0.4 is 0 Å². The van der Waals surface area contributed by atoms with Gasteiger partial charge in [0.2, 0.25) is 0 Å². The number of aliphatic hydroxyl groups excluding tert-OH is 2. The summed E-state index contributed by atoms with van der Waals surface area (Å²) >= 11 is 0. The van der Waals surface area contributed by atoms with Crippen LogP contribution in [0.3, 0.4) is 0 Å². The first-order chi connectivity index (χ1) is 12.9. The van der Waals surface area contributed by atoms with Gasteiger partial charge in [0.1, 0.15) is 0 Å². The molecule has 0 heterocycles. The number of allylic oxidation sites excluding steroid dienone is 6. The van der Waals surface area contributed by atoms with E-state index in [1.165, 1.54) is 19.3 Å². The van der Waals surface area contributed by atoms with Crippen LogP contribution in [-0.2, 0) is 19.1 Å². The third kappa shape index (κ3) is 6.48. The van der Waals surface area contributed by atoms with Crippen LogP contribution in [0.25, 0.3) is 0 Å². The summed E-state index contributed by atoms with van der Waals surface area (Å²) in [6.07, 6.45) is 11.6. The Balaban J connectivity index is 1.80. The number of carbonyl (C=O) groups is 2. The first-order valence-electron chi connectivity index (χ1n) is 9.21. The van der Waals surface area contributed by atoms with Crippen LogP contribution >= 0.6 is 0 Å². The molecule has 2 aliphatic rings.